The van der Waals surface area contributed by atoms with Crippen LogP contribution in [0.2, 0.25) is 0 Å². The van der Waals surface area contributed by atoms with Gasteiger partial charge in [0.25, 0.3) is 5.91 Å². The summed E-state index contributed by atoms with van der Waals surface area (Å²) in [6, 6.07) is 9.94. The van der Waals surface area contributed by atoms with Crippen molar-refractivity contribution in [3.05, 3.63) is 88.0 Å². The number of fused-ring (bicyclic) bond motifs is 1. The molecule has 7 heteroatoms. The molecule has 1 aromatic heterocycles. The zero-order valence-electron chi connectivity index (χ0n) is 15.2. The molecule has 2 aromatic carbocycles. The third-order valence-corrected chi connectivity index (χ3v) is 5.16. The highest BCUT2D eigenvalue weighted by atomic mass is 19.2. The molecule has 4 rings (SSSR count). The van der Waals surface area contributed by atoms with E-state index in [0.717, 1.165) is 11.6 Å². The lowest BCUT2D eigenvalue weighted by molar-refractivity contribution is 0.0935. The summed E-state index contributed by atoms with van der Waals surface area (Å²) in [5, 5.41) is 6.93. The molecule has 0 saturated carbocycles. The quantitative estimate of drug-likeness (QED) is 0.694. The Morgan fingerprint density at radius 3 is 2.71 bits per heavy atom. The second-order valence-corrected chi connectivity index (χ2v) is 6.91. The molecule has 4 nitrogen and oxygen atoms in total. The van der Waals surface area contributed by atoms with E-state index in [0.29, 0.717) is 36.1 Å². The van der Waals surface area contributed by atoms with Gasteiger partial charge in [-0.05, 0) is 30.0 Å². The van der Waals surface area contributed by atoms with Crippen molar-refractivity contribution >= 4 is 5.91 Å². The van der Waals surface area contributed by atoms with E-state index in [1.165, 1.54) is 6.20 Å². The highest BCUT2D eigenvalue weighted by Gasteiger charge is 2.32. The Labute approximate surface area is 160 Å². The fraction of sp³-hybridized carbons (Fsp3) is 0.238. The minimum Gasteiger partial charge on any atom is -0.345 e. The third-order valence-electron chi connectivity index (χ3n) is 5.16. The average molecular weight is 385 g/mol. The van der Waals surface area contributed by atoms with E-state index < -0.39 is 29.4 Å². The molecule has 0 fully saturated rings. The fourth-order valence-electron chi connectivity index (χ4n) is 3.72. The van der Waals surface area contributed by atoms with Crippen LogP contribution in [0.25, 0.3) is 0 Å². The molecule has 1 aliphatic carbocycles. The van der Waals surface area contributed by atoms with E-state index in [4.69, 9.17) is 0 Å². The maximum Gasteiger partial charge on any atom is 0.255 e. The number of hydrogen-bond donors (Lipinski definition) is 1. The molecule has 1 heterocycles. The zero-order chi connectivity index (χ0) is 19.8. The number of aromatic nitrogens is 2. The van der Waals surface area contributed by atoms with Gasteiger partial charge in [0.15, 0.2) is 17.5 Å². The van der Waals surface area contributed by atoms with Crippen molar-refractivity contribution < 1.29 is 18.0 Å². The lowest BCUT2D eigenvalue weighted by Gasteiger charge is -2.16. The van der Waals surface area contributed by atoms with Crippen LogP contribution in [0.3, 0.4) is 0 Å². The largest absolute Gasteiger partial charge is 0.345 e. The van der Waals surface area contributed by atoms with Crippen LogP contribution in [-0.4, -0.2) is 15.7 Å². The number of nitrogens with one attached hydrogen (secondary N) is 1. The van der Waals surface area contributed by atoms with Gasteiger partial charge in [0.1, 0.15) is 0 Å². The van der Waals surface area contributed by atoms with Gasteiger partial charge >= 0.3 is 0 Å². The molecule has 1 unspecified atom stereocenters. The van der Waals surface area contributed by atoms with Gasteiger partial charge in [-0.15, -0.1) is 0 Å². The molecule has 144 valence electrons. The number of amides is 1. The van der Waals surface area contributed by atoms with Crippen LogP contribution >= 0.6 is 0 Å². The fourth-order valence-corrected chi connectivity index (χ4v) is 3.72. The Morgan fingerprint density at radius 1 is 1.21 bits per heavy atom. The van der Waals surface area contributed by atoms with Gasteiger partial charge < -0.3 is 5.32 Å². The van der Waals surface area contributed by atoms with E-state index in [-0.39, 0.29) is 5.56 Å². The summed E-state index contributed by atoms with van der Waals surface area (Å²) in [6.45, 7) is 0. The first-order chi connectivity index (χ1) is 13.5. The Morgan fingerprint density at radius 2 is 1.96 bits per heavy atom. The summed E-state index contributed by atoms with van der Waals surface area (Å²) >= 11 is 0. The second-order valence-electron chi connectivity index (χ2n) is 6.91. The van der Waals surface area contributed by atoms with Crippen LogP contribution in [-0.2, 0) is 19.9 Å². The molecule has 1 atom stereocenters. The molecule has 0 bridgehead atoms. The molecule has 1 amide bonds. The van der Waals surface area contributed by atoms with E-state index in [1.54, 1.807) is 11.7 Å². The van der Waals surface area contributed by atoms with Crippen LogP contribution in [0.4, 0.5) is 13.2 Å². The molecule has 3 aromatic rings. The number of rotatable bonds is 4. The van der Waals surface area contributed by atoms with Crippen molar-refractivity contribution in [3.63, 3.8) is 0 Å². The van der Waals surface area contributed by atoms with Crippen molar-refractivity contribution in [3.8, 4) is 0 Å². The molecule has 0 aliphatic heterocycles. The molecule has 1 N–H and O–H groups in total. The van der Waals surface area contributed by atoms with Crippen LogP contribution in [0.1, 0.15) is 45.2 Å². The number of benzene rings is 2. The smallest absolute Gasteiger partial charge is 0.255 e. The molecule has 0 spiro atoms. The monoisotopic (exact) mass is 385 g/mol. The number of carbonyl (C=O) groups excluding carboxylic acids is 1. The van der Waals surface area contributed by atoms with Crippen molar-refractivity contribution in [1.29, 1.82) is 0 Å². The van der Waals surface area contributed by atoms with E-state index >= 15 is 0 Å². The Hall–Kier alpha value is -3.09. The number of aryl methyl sites for hydroxylation is 2. The molecule has 0 saturated heterocycles. The van der Waals surface area contributed by atoms with E-state index in [2.05, 4.69) is 10.4 Å². The van der Waals surface area contributed by atoms with E-state index in [9.17, 15) is 18.0 Å². The number of carbonyl (C=O) groups is 1. The van der Waals surface area contributed by atoms with Crippen molar-refractivity contribution in [1.82, 2.24) is 15.1 Å². The van der Waals surface area contributed by atoms with Gasteiger partial charge in [0, 0.05) is 19.0 Å². The maximum absolute atomic E-state index is 14.3. The topological polar surface area (TPSA) is 46.9 Å². The van der Waals surface area contributed by atoms with Crippen LogP contribution in [0.15, 0.2) is 42.6 Å². The lowest BCUT2D eigenvalue weighted by Crippen LogP contribution is -2.28. The first kappa shape index (κ1) is 18.3. The minimum absolute atomic E-state index is 0.0285. The number of hydrogen-bond acceptors (Lipinski definition) is 2. The SMILES string of the molecule is Cn1ncc(C(=O)NC2CCc3cc(F)c(F)c(F)c32)c1Cc1ccccc1. The van der Waals surface area contributed by atoms with Crippen molar-refractivity contribution in [2.75, 3.05) is 0 Å². The Bertz CT molecular complexity index is 1050. The van der Waals surface area contributed by atoms with Gasteiger partial charge in [-0.2, -0.15) is 5.10 Å². The van der Waals surface area contributed by atoms with Gasteiger partial charge in [-0.25, -0.2) is 13.2 Å². The number of halogens is 3. The first-order valence-corrected chi connectivity index (χ1v) is 8.97. The molecular formula is C21H18F3N3O. The Kier molecular flexibility index (Phi) is 4.66. The average Bonchev–Trinajstić information content (AvgIpc) is 3.24. The zero-order valence-corrected chi connectivity index (χ0v) is 15.2. The standard InChI is InChI=1S/C21H18F3N3O/c1-27-17(9-12-5-3-2-4-6-12)14(11-25-27)21(28)26-16-8-7-13-10-15(22)19(23)20(24)18(13)16/h2-6,10-11,16H,7-9H2,1H3,(H,26,28). The maximum atomic E-state index is 14.3. The van der Waals surface area contributed by atoms with Crippen LogP contribution < -0.4 is 5.32 Å². The summed E-state index contributed by atoms with van der Waals surface area (Å²) in [7, 11) is 1.75. The molecule has 28 heavy (non-hydrogen) atoms. The molecular weight excluding hydrogens is 367 g/mol. The predicted molar refractivity (Wildman–Crippen MR) is 97.3 cm³/mol. The van der Waals surface area contributed by atoms with Gasteiger partial charge in [-0.1, -0.05) is 30.3 Å². The van der Waals surface area contributed by atoms with Gasteiger partial charge in [0.2, 0.25) is 0 Å². The van der Waals surface area contributed by atoms with Crippen LogP contribution in [0, 0.1) is 17.5 Å². The minimum atomic E-state index is -1.51. The summed E-state index contributed by atoms with van der Waals surface area (Å²) in [5.41, 5.74) is 2.53. The first-order valence-electron chi connectivity index (χ1n) is 8.97. The summed E-state index contributed by atoms with van der Waals surface area (Å²) in [4.78, 5) is 12.8. The molecule has 1 aliphatic rings. The van der Waals surface area contributed by atoms with Gasteiger partial charge in [0.05, 0.1) is 23.5 Å². The normalized spacial score (nSPS) is 15.5. The number of nitrogens with zero attached hydrogens (tertiary/aromatic N) is 2. The summed E-state index contributed by atoms with van der Waals surface area (Å²) in [5.74, 6) is -4.36. The van der Waals surface area contributed by atoms with Crippen molar-refractivity contribution in [2.45, 2.75) is 25.3 Å². The highest BCUT2D eigenvalue weighted by molar-refractivity contribution is 5.95. The lowest BCUT2D eigenvalue weighted by atomic mass is 10.0. The Balaban J connectivity index is 1.59. The third kappa shape index (κ3) is 3.17. The highest BCUT2D eigenvalue weighted by Crippen LogP contribution is 2.35. The van der Waals surface area contributed by atoms with Crippen molar-refractivity contribution in [2.24, 2.45) is 7.05 Å². The predicted octanol–water partition coefficient (Wildman–Crippen LogP) is 3.85. The van der Waals surface area contributed by atoms with E-state index in [1.807, 2.05) is 30.3 Å². The second kappa shape index (κ2) is 7.14. The summed E-state index contributed by atoms with van der Waals surface area (Å²) < 4.78 is 43.0. The van der Waals surface area contributed by atoms with Gasteiger partial charge in [-0.3, -0.25) is 9.48 Å². The molecule has 0 radical (unpaired) electrons. The summed E-state index contributed by atoms with van der Waals surface area (Å²) in [6.07, 6.45) is 2.73. The van der Waals surface area contributed by atoms with Crippen LogP contribution in [0.5, 0.6) is 0 Å².